The van der Waals surface area contributed by atoms with Crippen LogP contribution in [0, 0.1) is 5.82 Å². The van der Waals surface area contributed by atoms with Crippen molar-refractivity contribution in [2.24, 2.45) is 0 Å². The minimum absolute atomic E-state index is 0.0288. The van der Waals surface area contributed by atoms with E-state index in [0.717, 1.165) is 25.1 Å². The predicted molar refractivity (Wildman–Crippen MR) is 74.5 cm³/mol. The zero-order chi connectivity index (χ0) is 13.7. The summed E-state index contributed by atoms with van der Waals surface area (Å²) in [4.78, 5) is 2.31. The number of benzene rings is 1. The first-order valence-corrected chi connectivity index (χ1v) is 7.03. The molecule has 2 N–H and O–H groups in total. The van der Waals surface area contributed by atoms with Crippen LogP contribution in [0.5, 0.6) is 0 Å². The SMILES string of the molecule is CNC(CCN(CCO)C1CC1)c1ccccc1F. The zero-order valence-corrected chi connectivity index (χ0v) is 11.5. The van der Waals surface area contributed by atoms with E-state index in [1.54, 1.807) is 6.07 Å². The molecule has 0 radical (unpaired) electrons. The number of rotatable bonds is 8. The van der Waals surface area contributed by atoms with Crippen LogP contribution in [0.2, 0.25) is 0 Å². The van der Waals surface area contributed by atoms with Crippen molar-refractivity contribution in [3.05, 3.63) is 35.6 Å². The maximum absolute atomic E-state index is 13.8. The summed E-state index contributed by atoms with van der Waals surface area (Å²) < 4.78 is 13.8. The number of nitrogens with one attached hydrogen (secondary N) is 1. The highest BCUT2D eigenvalue weighted by Crippen LogP contribution is 2.28. The normalized spacial score (nSPS) is 16.8. The summed E-state index contributed by atoms with van der Waals surface area (Å²) >= 11 is 0. The Bertz CT molecular complexity index is 395. The maximum atomic E-state index is 13.8. The highest BCUT2D eigenvalue weighted by atomic mass is 19.1. The number of aliphatic hydroxyl groups is 1. The smallest absolute Gasteiger partial charge is 0.127 e. The van der Waals surface area contributed by atoms with Crippen molar-refractivity contribution >= 4 is 0 Å². The lowest BCUT2D eigenvalue weighted by Crippen LogP contribution is -2.32. The van der Waals surface area contributed by atoms with Crippen LogP contribution in [0.4, 0.5) is 4.39 Å². The molecule has 3 nitrogen and oxygen atoms in total. The van der Waals surface area contributed by atoms with Crippen molar-refractivity contribution in [3.8, 4) is 0 Å². The lowest BCUT2D eigenvalue weighted by atomic mass is 10.0. The summed E-state index contributed by atoms with van der Waals surface area (Å²) in [5.41, 5.74) is 0.727. The number of aliphatic hydroxyl groups excluding tert-OH is 1. The van der Waals surface area contributed by atoms with E-state index in [4.69, 9.17) is 5.11 Å². The van der Waals surface area contributed by atoms with E-state index < -0.39 is 0 Å². The fraction of sp³-hybridized carbons (Fsp3) is 0.600. The van der Waals surface area contributed by atoms with E-state index in [1.165, 1.54) is 18.9 Å². The highest BCUT2D eigenvalue weighted by Gasteiger charge is 2.28. The second-order valence-electron chi connectivity index (χ2n) is 5.14. The van der Waals surface area contributed by atoms with Crippen molar-refractivity contribution in [1.82, 2.24) is 10.2 Å². The maximum Gasteiger partial charge on any atom is 0.127 e. The van der Waals surface area contributed by atoms with E-state index in [-0.39, 0.29) is 18.5 Å². The number of halogens is 1. The average molecular weight is 266 g/mol. The van der Waals surface area contributed by atoms with Gasteiger partial charge in [0.15, 0.2) is 0 Å². The summed E-state index contributed by atoms with van der Waals surface area (Å²) in [6, 6.07) is 7.59. The van der Waals surface area contributed by atoms with Crippen molar-refractivity contribution in [3.63, 3.8) is 0 Å². The van der Waals surface area contributed by atoms with Crippen molar-refractivity contribution in [2.75, 3.05) is 26.7 Å². The Labute approximate surface area is 114 Å². The molecule has 1 fully saturated rings. The second kappa shape index (κ2) is 6.98. The Balaban J connectivity index is 1.93. The van der Waals surface area contributed by atoms with Gasteiger partial charge < -0.3 is 10.4 Å². The van der Waals surface area contributed by atoms with Gasteiger partial charge in [-0.2, -0.15) is 0 Å². The van der Waals surface area contributed by atoms with Crippen LogP contribution in [0.15, 0.2) is 24.3 Å². The Hall–Kier alpha value is -0.970. The van der Waals surface area contributed by atoms with Gasteiger partial charge in [0.25, 0.3) is 0 Å². The molecule has 0 bridgehead atoms. The monoisotopic (exact) mass is 266 g/mol. The van der Waals surface area contributed by atoms with Gasteiger partial charge in [0.2, 0.25) is 0 Å². The number of hydrogen-bond acceptors (Lipinski definition) is 3. The Morgan fingerprint density at radius 1 is 1.37 bits per heavy atom. The summed E-state index contributed by atoms with van der Waals surface area (Å²) in [7, 11) is 1.87. The standard InChI is InChI=1S/C15H23FN2O/c1-17-15(13-4-2-3-5-14(13)16)8-9-18(10-11-19)12-6-7-12/h2-5,12,15,17,19H,6-11H2,1H3. The molecular weight excluding hydrogens is 243 g/mol. The summed E-state index contributed by atoms with van der Waals surface area (Å²) in [6.07, 6.45) is 3.31. The summed E-state index contributed by atoms with van der Waals surface area (Å²) in [5, 5.41) is 12.3. The summed E-state index contributed by atoms with van der Waals surface area (Å²) in [5.74, 6) is -0.151. The molecule has 1 aromatic carbocycles. The van der Waals surface area contributed by atoms with Crippen LogP contribution < -0.4 is 5.32 Å². The second-order valence-corrected chi connectivity index (χ2v) is 5.14. The van der Waals surface area contributed by atoms with Gasteiger partial charge in [-0.05, 0) is 32.4 Å². The molecule has 4 heteroatoms. The van der Waals surface area contributed by atoms with Crippen LogP contribution in [0.1, 0.15) is 30.9 Å². The molecule has 1 aliphatic carbocycles. The first kappa shape index (κ1) is 14.4. The Kier molecular flexibility index (Phi) is 5.31. The Morgan fingerprint density at radius 3 is 2.68 bits per heavy atom. The molecule has 0 saturated heterocycles. The molecule has 106 valence electrons. The third kappa shape index (κ3) is 4.00. The van der Waals surface area contributed by atoms with Gasteiger partial charge in [0.05, 0.1) is 6.61 Å². The highest BCUT2D eigenvalue weighted by molar-refractivity contribution is 5.21. The molecule has 1 unspecified atom stereocenters. The molecule has 0 aromatic heterocycles. The van der Waals surface area contributed by atoms with Gasteiger partial charge in [-0.25, -0.2) is 4.39 Å². The van der Waals surface area contributed by atoms with Crippen molar-refractivity contribution in [2.45, 2.75) is 31.3 Å². The molecule has 1 atom stereocenters. The molecule has 1 aromatic rings. The van der Waals surface area contributed by atoms with Gasteiger partial charge in [-0.15, -0.1) is 0 Å². The van der Waals surface area contributed by atoms with Gasteiger partial charge >= 0.3 is 0 Å². The molecule has 0 amide bonds. The molecular formula is C15H23FN2O. The Morgan fingerprint density at radius 2 is 2.11 bits per heavy atom. The summed E-state index contributed by atoms with van der Waals surface area (Å²) in [6.45, 7) is 1.81. The average Bonchev–Trinajstić information content (AvgIpc) is 3.24. The molecule has 1 saturated carbocycles. The number of nitrogens with zero attached hydrogens (tertiary/aromatic N) is 1. The topological polar surface area (TPSA) is 35.5 Å². The zero-order valence-electron chi connectivity index (χ0n) is 11.5. The molecule has 0 heterocycles. The minimum atomic E-state index is -0.151. The van der Waals surface area contributed by atoms with Crippen LogP contribution in [0.3, 0.4) is 0 Å². The third-order valence-electron chi connectivity index (χ3n) is 3.78. The first-order chi connectivity index (χ1) is 9.26. The fourth-order valence-corrected chi connectivity index (χ4v) is 2.55. The molecule has 0 spiro atoms. The number of hydrogen-bond donors (Lipinski definition) is 2. The van der Waals surface area contributed by atoms with Gasteiger partial charge in [-0.3, -0.25) is 4.90 Å². The lowest BCUT2D eigenvalue weighted by Gasteiger charge is -2.24. The molecule has 2 rings (SSSR count). The first-order valence-electron chi connectivity index (χ1n) is 7.03. The predicted octanol–water partition coefficient (Wildman–Crippen LogP) is 1.93. The largest absolute Gasteiger partial charge is 0.395 e. The van der Waals surface area contributed by atoms with E-state index in [1.807, 2.05) is 19.2 Å². The van der Waals surface area contributed by atoms with E-state index in [2.05, 4.69) is 10.2 Å². The fourth-order valence-electron chi connectivity index (χ4n) is 2.55. The van der Waals surface area contributed by atoms with Crippen molar-refractivity contribution in [1.29, 1.82) is 0 Å². The molecule has 0 aliphatic heterocycles. The van der Waals surface area contributed by atoms with Gasteiger partial charge in [0.1, 0.15) is 5.82 Å². The van der Waals surface area contributed by atoms with E-state index in [0.29, 0.717) is 6.04 Å². The molecule has 1 aliphatic rings. The van der Waals surface area contributed by atoms with Crippen LogP contribution >= 0.6 is 0 Å². The van der Waals surface area contributed by atoms with Gasteiger partial charge in [0, 0.05) is 30.7 Å². The van der Waals surface area contributed by atoms with Crippen LogP contribution in [-0.2, 0) is 0 Å². The quantitative estimate of drug-likeness (QED) is 0.755. The van der Waals surface area contributed by atoms with E-state index >= 15 is 0 Å². The van der Waals surface area contributed by atoms with E-state index in [9.17, 15) is 4.39 Å². The van der Waals surface area contributed by atoms with Crippen molar-refractivity contribution < 1.29 is 9.50 Å². The lowest BCUT2D eigenvalue weighted by molar-refractivity contribution is 0.183. The molecule has 19 heavy (non-hydrogen) atoms. The van der Waals surface area contributed by atoms with Crippen LogP contribution in [-0.4, -0.2) is 42.8 Å². The van der Waals surface area contributed by atoms with Crippen LogP contribution in [0.25, 0.3) is 0 Å². The minimum Gasteiger partial charge on any atom is -0.395 e. The van der Waals surface area contributed by atoms with Gasteiger partial charge in [-0.1, -0.05) is 18.2 Å². The third-order valence-corrected chi connectivity index (χ3v) is 3.78.